The highest BCUT2D eigenvalue weighted by atomic mass is 16.5. The third kappa shape index (κ3) is 3.72. The van der Waals surface area contributed by atoms with E-state index in [1.807, 2.05) is 42.5 Å². The van der Waals surface area contributed by atoms with Crippen LogP contribution in [0.15, 0.2) is 53.1 Å². The van der Waals surface area contributed by atoms with Crippen molar-refractivity contribution in [1.29, 1.82) is 0 Å². The molecule has 1 aromatic carbocycles. The van der Waals surface area contributed by atoms with Crippen molar-refractivity contribution in [3.8, 4) is 0 Å². The first-order chi connectivity index (χ1) is 11.7. The molecule has 2 unspecified atom stereocenters. The van der Waals surface area contributed by atoms with Crippen molar-refractivity contribution in [2.75, 3.05) is 25.5 Å². The van der Waals surface area contributed by atoms with Gasteiger partial charge in [0.25, 0.3) is 0 Å². The van der Waals surface area contributed by atoms with E-state index in [4.69, 9.17) is 9.26 Å². The van der Waals surface area contributed by atoms with Crippen LogP contribution >= 0.6 is 0 Å². The van der Waals surface area contributed by atoms with Gasteiger partial charge < -0.3 is 14.6 Å². The van der Waals surface area contributed by atoms with Crippen LogP contribution in [-0.4, -0.2) is 42.3 Å². The maximum absolute atomic E-state index is 12.9. The van der Waals surface area contributed by atoms with Crippen molar-refractivity contribution in [1.82, 2.24) is 10.1 Å². The Bertz CT molecular complexity index is 711. The quantitative estimate of drug-likeness (QED) is 0.855. The second kappa shape index (κ2) is 7.42. The zero-order valence-electron chi connectivity index (χ0n) is 13.8. The van der Waals surface area contributed by atoms with E-state index in [1.165, 1.54) is 0 Å². The Kier molecular flexibility index (Phi) is 5.08. The summed E-state index contributed by atoms with van der Waals surface area (Å²) < 4.78 is 10.4. The highest BCUT2D eigenvalue weighted by Gasteiger charge is 2.30. The van der Waals surface area contributed by atoms with Gasteiger partial charge in [0, 0.05) is 26.3 Å². The predicted molar refractivity (Wildman–Crippen MR) is 90.6 cm³/mol. The summed E-state index contributed by atoms with van der Waals surface area (Å²) in [5.41, 5.74) is 0.931. The average Bonchev–Trinajstić information content (AvgIpc) is 3.01. The Morgan fingerprint density at radius 2 is 2.21 bits per heavy atom. The minimum absolute atomic E-state index is 0.0212. The lowest BCUT2D eigenvalue weighted by Gasteiger charge is -2.34. The normalized spacial score (nSPS) is 19.2. The standard InChI is InChI=1S/C18H21N3O3/c1-13-11-16(20-24-13)19-18(22)17(14-7-4-3-5-8-14)21-10-6-9-15(12-21)23-2/h3-9,11,15,17H,10,12H2,1-2H3,(H,19,20,22). The molecule has 24 heavy (non-hydrogen) atoms. The Morgan fingerprint density at radius 1 is 1.42 bits per heavy atom. The van der Waals surface area contributed by atoms with Crippen LogP contribution in [0.25, 0.3) is 0 Å². The smallest absolute Gasteiger partial charge is 0.247 e. The third-order valence-corrected chi connectivity index (χ3v) is 4.02. The number of amides is 1. The van der Waals surface area contributed by atoms with Crippen molar-refractivity contribution in [2.24, 2.45) is 0 Å². The number of anilines is 1. The summed E-state index contributed by atoms with van der Waals surface area (Å²) in [6.07, 6.45) is 4.03. The zero-order valence-corrected chi connectivity index (χ0v) is 13.8. The molecule has 6 nitrogen and oxygen atoms in total. The number of carbonyl (C=O) groups is 1. The molecule has 3 rings (SSSR count). The Hall–Kier alpha value is -2.44. The fourth-order valence-electron chi connectivity index (χ4n) is 2.86. The number of hydrogen-bond acceptors (Lipinski definition) is 5. The van der Waals surface area contributed by atoms with Crippen LogP contribution in [0.2, 0.25) is 0 Å². The van der Waals surface area contributed by atoms with E-state index in [1.54, 1.807) is 20.1 Å². The van der Waals surface area contributed by atoms with Gasteiger partial charge in [-0.25, -0.2) is 0 Å². The number of hydrogen-bond donors (Lipinski definition) is 1. The molecule has 0 saturated heterocycles. The van der Waals surface area contributed by atoms with Gasteiger partial charge in [0.05, 0.1) is 6.10 Å². The molecule has 1 aliphatic heterocycles. The molecule has 1 aliphatic rings. The topological polar surface area (TPSA) is 67.6 Å². The summed E-state index contributed by atoms with van der Waals surface area (Å²) in [4.78, 5) is 15.0. The molecule has 2 aromatic rings. The second-order valence-electron chi connectivity index (χ2n) is 5.78. The summed E-state index contributed by atoms with van der Waals surface area (Å²) in [7, 11) is 1.67. The van der Waals surface area contributed by atoms with Gasteiger partial charge in [-0.15, -0.1) is 0 Å². The Balaban J connectivity index is 1.85. The molecule has 126 valence electrons. The summed E-state index contributed by atoms with van der Waals surface area (Å²) in [6, 6.07) is 11.0. The predicted octanol–water partition coefficient (Wildman–Crippen LogP) is 2.55. The van der Waals surface area contributed by atoms with Crippen LogP contribution in [0.5, 0.6) is 0 Å². The first-order valence-electron chi connectivity index (χ1n) is 7.90. The minimum Gasteiger partial charge on any atom is -0.376 e. The van der Waals surface area contributed by atoms with Crippen molar-refractivity contribution in [3.05, 3.63) is 59.9 Å². The van der Waals surface area contributed by atoms with Crippen molar-refractivity contribution in [2.45, 2.75) is 19.1 Å². The fraction of sp³-hybridized carbons (Fsp3) is 0.333. The molecule has 2 atom stereocenters. The average molecular weight is 327 g/mol. The molecule has 0 aliphatic carbocycles. The molecular formula is C18H21N3O3. The van der Waals surface area contributed by atoms with E-state index in [-0.39, 0.29) is 12.0 Å². The Morgan fingerprint density at radius 3 is 2.88 bits per heavy atom. The van der Waals surface area contributed by atoms with E-state index in [9.17, 15) is 4.79 Å². The maximum Gasteiger partial charge on any atom is 0.247 e. The van der Waals surface area contributed by atoms with Crippen molar-refractivity contribution < 1.29 is 14.1 Å². The van der Waals surface area contributed by atoms with Gasteiger partial charge in [0.15, 0.2) is 5.82 Å². The Labute approximate surface area is 141 Å². The molecule has 0 spiro atoms. The molecule has 0 fully saturated rings. The molecule has 0 bridgehead atoms. The van der Waals surface area contributed by atoms with Gasteiger partial charge >= 0.3 is 0 Å². The van der Waals surface area contributed by atoms with Crippen LogP contribution in [0, 0.1) is 6.92 Å². The zero-order chi connectivity index (χ0) is 16.9. The molecule has 1 amide bonds. The van der Waals surface area contributed by atoms with Gasteiger partial charge in [0.1, 0.15) is 11.8 Å². The summed E-state index contributed by atoms with van der Waals surface area (Å²) in [5.74, 6) is 0.941. The number of nitrogens with one attached hydrogen (secondary N) is 1. The van der Waals surface area contributed by atoms with E-state index < -0.39 is 6.04 Å². The number of ether oxygens (including phenoxy) is 1. The lowest BCUT2D eigenvalue weighted by Crippen LogP contribution is -2.43. The minimum atomic E-state index is -0.425. The number of methoxy groups -OCH3 is 1. The van der Waals surface area contributed by atoms with E-state index >= 15 is 0 Å². The lowest BCUT2D eigenvalue weighted by atomic mass is 10.0. The van der Waals surface area contributed by atoms with E-state index in [0.717, 1.165) is 5.56 Å². The molecule has 0 saturated carbocycles. The van der Waals surface area contributed by atoms with Crippen molar-refractivity contribution >= 4 is 11.7 Å². The monoisotopic (exact) mass is 327 g/mol. The lowest BCUT2D eigenvalue weighted by molar-refractivity contribution is -0.122. The van der Waals surface area contributed by atoms with E-state index in [2.05, 4.69) is 15.4 Å². The number of benzene rings is 1. The fourth-order valence-corrected chi connectivity index (χ4v) is 2.86. The van der Waals surface area contributed by atoms with Crippen LogP contribution in [0.3, 0.4) is 0 Å². The molecule has 0 radical (unpaired) electrons. The summed E-state index contributed by atoms with van der Waals surface area (Å²) in [6.45, 7) is 3.12. The van der Waals surface area contributed by atoms with Crippen LogP contribution in [0.4, 0.5) is 5.82 Å². The van der Waals surface area contributed by atoms with Gasteiger partial charge in [-0.2, -0.15) is 0 Å². The second-order valence-corrected chi connectivity index (χ2v) is 5.78. The maximum atomic E-state index is 12.9. The van der Waals surface area contributed by atoms with Crippen molar-refractivity contribution in [3.63, 3.8) is 0 Å². The number of nitrogens with zero attached hydrogens (tertiary/aromatic N) is 2. The highest BCUT2D eigenvalue weighted by Crippen LogP contribution is 2.25. The van der Waals surface area contributed by atoms with Gasteiger partial charge in [-0.05, 0) is 12.5 Å². The molecule has 2 heterocycles. The number of carbonyl (C=O) groups excluding carboxylic acids is 1. The first kappa shape index (κ1) is 16.4. The van der Waals surface area contributed by atoms with Crippen LogP contribution in [0.1, 0.15) is 17.4 Å². The van der Waals surface area contributed by atoms with Gasteiger partial charge in [-0.1, -0.05) is 47.6 Å². The molecule has 1 aromatic heterocycles. The molecule has 1 N–H and O–H groups in total. The summed E-state index contributed by atoms with van der Waals surface area (Å²) >= 11 is 0. The number of aromatic nitrogens is 1. The number of rotatable bonds is 5. The van der Waals surface area contributed by atoms with Crippen LogP contribution < -0.4 is 5.32 Å². The molecular weight excluding hydrogens is 306 g/mol. The molecule has 6 heteroatoms. The number of aryl methyl sites for hydroxylation is 1. The first-order valence-corrected chi connectivity index (χ1v) is 7.90. The van der Waals surface area contributed by atoms with Gasteiger partial charge in [-0.3, -0.25) is 9.69 Å². The van der Waals surface area contributed by atoms with Gasteiger partial charge in [0.2, 0.25) is 5.91 Å². The summed E-state index contributed by atoms with van der Waals surface area (Å²) in [5, 5.41) is 6.69. The highest BCUT2D eigenvalue weighted by molar-refractivity contribution is 5.94. The largest absolute Gasteiger partial charge is 0.376 e. The third-order valence-electron chi connectivity index (χ3n) is 4.02. The SMILES string of the molecule is COC1C=CCN(C(C(=O)Nc2cc(C)on2)c2ccccc2)C1. The van der Waals surface area contributed by atoms with Crippen LogP contribution in [-0.2, 0) is 9.53 Å². The van der Waals surface area contributed by atoms with E-state index in [0.29, 0.717) is 24.7 Å².